The van der Waals surface area contributed by atoms with E-state index in [9.17, 15) is 5.11 Å². The van der Waals surface area contributed by atoms with E-state index in [0.717, 1.165) is 17.5 Å². The lowest BCUT2D eigenvalue weighted by Gasteiger charge is -2.14. The van der Waals surface area contributed by atoms with Gasteiger partial charge in [0.1, 0.15) is 24.3 Å². The van der Waals surface area contributed by atoms with Crippen LogP contribution in [0, 0.1) is 0 Å². The third-order valence-corrected chi connectivity index (χ3v) is 4.27. The van der Waals surface area contributed by atoms with Crippen LogP contribution in [0.3, 0.4) is 0 Å². The van der Waals surface area contributed by atoms with Crippen molar-refractivity contribution in [2.45, 2.75) is 32.4 Å². The Labute approximate surface area is 146 Å². The van der Waals surface area contributed by atoms with Crippen molar-refractivity contribution < 1.29 is 9.84 Å². The number of aliphatic hydroxyl groups is 1. The first-order valence-electron chi connectivity index (χ1n) is 8.21. The highest BCUT2D eigenvalue weighted by Crippen LogP contribution is 2.25. The maximum atomic E-state index is 10.4. The number of hydrogen-bond acceptors (Lipinski definition) is 3. The molecule has 0 bridgehead atoms. The summed E-state index contributed by atoms with van der Waals surface area (Å²) < 4.78 is 7.83. The van der Waals surface area contributed by atoms with Crippen LogP contribution >= 0.6 is 11.6 Å². The molecule has 0 saturated carbocycles. The molecular weight excluding hydrogens is 324 g/mol. The Hall–Kier alpha value is -2.04. The lowest BCUT2D eigenvalue weighted by atomic mass is 10.2. The Morgan fingerprint density at radius 2 is 1.92 bits per heavy atom. The van der Waals surface area contributed by atoms with Crippen LogP contribution in [0.15, 0.2) is 48.5 Å². The predicted octanol–water partition coefficient (Wildman–Crippen LogP) is 4.60. The van der Waals surface area contributed by atoms with Crippen LogP contribution in [0.4, 0.5) is 0 Å². The molecule has 0 saturated heterocycles. The zero-order valence-electron chi connectivity index (χ0n) is 13.7. The summed E-state index contributed by atoms with van der Waals surface area (Å²) in [5.41, 5.74) is 1.89. The van der Waals surface area contributed by atoms with Crippen molar-refractivity contribution in [3.8, 4) is 5.75 Å². The van der Waals surface area contributed by atoms with Gasteiger partial charge in [-0.15, -0.1) is 0 Å². The number of halogens is 1. The molecule has 5 heteroatoms. The Morgan fingerprint density at radius 1 is 1.17 bits per heavy atom. The molecule has 3 rings (SSSR count). The molecule has 1 aromatic heterocycles. The number of rotatable bonds is 7. The minimum Gasteiger partial charge on any atom is -0.490 e. The molecule has 1 atom stereocenters. The highest BCUT2D eigenvalue weighted by atomic mass is 35.5. The zero-order chi connectivity index (χ0) is 16.9. The van der Waals surface area contributed by atoms with Gasteiger partial charge in [0, 0.05) is 0 Å². The maximum Gasteiger partial charge on any atom is 0.138 e. The van der Waals surface area contributed by atoms with Gasteiger partial charge in [0.2, 0.25) is 0 Å². The second-order valence-corrected chi connectivity index (χ2v) is 6.10. The number of aliphatic hydroxyl groups excluding tert-OH is 1. The second kappa shape index (κ2) is 7.69. The highest BCUT2D eigenvalue weighted by Gasteiger charge is 2.17. The van der Waals surface area contributed by atoms with Crippen molar-refractivity contribution in [1.29, 1.82) is 0 Å². The summed E-state index contributed by atoms with van der Waals surface area (Å²) in [5, 5.41) is 11.0. The van der Waals surface area contributed by atoms with Gasteiger partial charge in [0.05, 0.1) is 22.6 Å². The van der Waals surface area contributed by atoms with Crippen LogP contribution in [0.25, 0.3) is 11.0 Å². The van der Waals surface area contributed by atoms with Crippen molar-refractivity contribution in [3.05, 3.63) is 59.4 Å². The lowest BCUT2D eigenvalue weighted by molar-refractivity contribution is 0.151. The van der Waals surface area contributed by atoms with E-state index in [1.807, 2.05) is 47.0 Å². The Kier molecular flexibility index (Phi) is 5.38. The molecule has 2 aromatic carbocycles. The van der Waals surface area contributed by atoms with Gasteiger partial charge >= 0.3 is 0 Å². The van der Waals surface area contributed by atoms with Gasteiger partial charge in [-0.3, -0.25) is 0 Å². The zero-order valence-corrected chi connectivity index (χ0v) is 14.4. The fourth-order valence-electron chi connectivity index (χ4n) is 2.79. The summed E-state index contributed by atoms with van der Waals surface area (Å²) in [6.45, 7) is 3.11. The van der Waals surface area contributed by atoms with E-state index in [1.165, 1.54) is 0 Å². The SMILES string of the molecule is CCC[C@H](O)c1nc2ccccc2n1CCOc1ccccc1Cl. The molecule has 3 aromatic rings. The summed E-state index contributed by atoms with van der Waals surface area (Å²) in [6, 6.07) is 15.3. The van der Waals surface area contributed by atoms with Crippen molar-refractivity contribution >= 4 is 22.6 Å². The van der Waals surface area contributed by atoms with E-state index in [4.69, 9.17) is 16.3 Å². The summed E-state index contributed by atoms with van der Waals surface area (Å²) in [4.78, 5) is 4.61. The van der Waals surface area contributed by atoms with E-state index in [2.05, 4.69) is 11.9 Å². The molecule has 4 nitrogen and oxygen atoms in total. The molecule has 0 aliphatic rings. The number of benzene rings is 2. The molecule has 0 aliphatic carbocycles. The third kappa shape index (κ3) is 3.55. The monoisotopic (exact) mass is 344 g/mol. The number of aromatic nitrogens is 2. The standard InChI is InChI=1S/C19H21ClN2O2/c1-2-7-17(23)19-21-15-9-4-5-10-16(15)22(19)12-13-24-18-11-6-3-8-14(18)20/h3-6,8-11,17,23H,2,7,12-13H2,1H3/t17-/m0/s1. The van der Waals surface area contributed by atoms with E-state index >= 15 is 0 Å². The summed E-state index contributed by atoms with van der Waals surface area (Å²) in [6.07, 6.45) is 1.03. The van der Waals surface area contributed by atoms with Gasteiger partial charge in [-0.25, -0.2) is 4.98 Å². The molecule has 24 heavy (non-hydrogen) atoms. The van der Waals surface area contributed by atoms with E-state index in [0.29, 0.717) is 36.2 Å². The Bertz CT molecular complexity index is 816. The van der Waals surface area contributed by atoms with Gasteiger partial charge in [-0.1, -0.05) is 49.2 Å². The summed E-state index contributed by atoms with van der Waals surface area (Å²) in [5.74, 6) is 1.36. The lowest BCUT2D eigenvalue weighted by Crippen LogP contribution is -2.14. The van der Waals surface area contributed by atoms with Gasteiger partial charge in [0.15, 0.2) is 0 Å². The number of imidazole rings is 1. The molecule has 0 radical (unpaired) electrons. The molecule has 1 heterocycles. The predicted molar refractivity (Wildman–Crippen MR) is 96.5 cm³/mol. The number of ether oxygens (including phenoxy) is 1. The van der Waals surface area contributed by atoms with Crippen LogP contribution < -0.4 is 4.74 Å². The summed E-state index contributed by atoms with van der Waals surface area (Å²) >= 11 is 6.12. The van der Waals surface area contributed by atoms with Gasteiger partial charge in [-0.05, 0) is 30.7 Å². The maximum absolute atomic E-state index is 10.4. The first kappa shape index (κ1) is 16.8. The van der Waals surface area contributed by atoms with Crippen LogP contribution in [0.1, 0.15) is 31.7 Å². The molecule has 0 fully saturated rings. The Balaban J connectivity index is 1.82. The minimum atomic E-state index is -0.567. The molecule has 0 aliphatic heterocycles. The topological polar surface area (TPSA) is 47.3 Å². The van der Waals surface area contributed by atoms with Crippen molar-refractivity contribution in [2.75, 3.05) is 6.61 Å². The molecule has 1 N–H and O–H groups in total. The average molecular weight is 345 g/mol. The first-order valence-corrected chi connectivity index (χ1v) is 8.59. The first-order chi connectivity index (χ1) is 11.7. The quantitative estimate of drug-likeness (QED) is 0.681. The molecule has 0 spiro atoms. The second-order valence-electron chi connectivity index (χ2n) is 5.69. The average Bonchev–Trinajstić information content (AvgIpc) is 2.96. The molecule has 0 unspecified atom stereocenters. The summed E-state index contributed by atoms with van der Waals surface area (Å²) in [7, 11) is 0. The Morgan fingerprint density at radius 3 is 2.71 bits per heavy atom. The third-order valence-electron chi connectivity index (χ3n) is 3.95. The van der Waals surface area contributed by atoms with E-state index in [-0.39, 0.29) is 0 Å². The molecule has 0 amide bonds. The fourth-order valence-corrected chi connectivity index (χ4v) is 2.99. The minimum absolute atomic E-state index is 0.454. The van der Waals surface area contributed by atoms with Crippen molar-refractivity contribution in [1.82, 2.24) is 9.55 Å². The number of fused-ring (bicyclic) bond motifs is 1. The number of nitrogens with zero attached hydrogens (tertiary/aromatic N) is 2. The van der Waals surface area contributed by atoms with Crippen molar-refractivity contribution in [3.63, 3.8) is 0 Å². The van der Waals surface area contributed by atoms with Crippen LogP contribution in [0.5, 0.6) is 5.75 Å². The van der Waals surface area contributed by atoms with E-state index < -0.39 is 6.10 Å². The van der Waals surface area contributed by atoms with E-state index in [1.54, 1.807) is 6.07 Å². The molecule has 126 valence electrons. The van der Waals surface area contributed by atoms with Crippen LogP contribution in [-0.4, -0.2) is 21.3 Å². The number of para-hydroxylation sites is 3. The molecular formula is C19H21ClN2O2. The number of hydrogen-bond donors (Lipinski definition) is 1. The van der Waals surface area contributed by atoms with Crippen LogP contribution in [0.2, 0.25) is 5.02 Å². The van der Waals surface area contributed by atoms with Gasteiger partial charge in [-0.2, -0.15) is 0 Å². The smallest absolute Gasteiger partial charge is 0.138 e. The van der Waals surface area contributed by atoms with Gasteiger partial charge in [0.25, 0.3) is 0 Å². The van der Waals surface area contributed by atoms with Gasteiger partial charge < -0.3 is 14.4 Å². The van der Waals surface area contributed by atoms with Crippen LogP contribution in [-0.2, 0) is 6.54 Å². The highest BCUT2D eigenvalue weighted by molar-refractivity contribution is 6.32. The van der Waals surface area contributed by atoms with Crippen molar-refractivity contribution in [2.24, 2.45) is 0 Å². The normalized spacial score (nSPS) is 12.5. The fraction of sp³-hybridized carbons (Fsp3) is 0.316. The largest absolute Gasteiger partial charge is 0.490 e.